The molecule has 4 aromatic rings. The van der Waals surface area contributed by atoms with Gasteiger partial charge in [-0.05, 0) is 58.0 Å². The molecule has 5 heterocycles. The first-order chi connectivity index (χ1) is 15.5. The smallest absolute Gasteiger partial charge is 0.165 e. The number of aryl methyl sites for hydroxylation is 1. The Kier molecular flexibility index (Phi) is 5.14. The Morgan fingerprint density at radius 1 is 1.06 bits per heavy atom. The number of nitrogens with two attached hydrogens (primary N) is 1. The van der Waals surface area contributed by atoms with Crippen molar-refractivity contribution in [2.45, 2.75) is 32.6 Å². The van der Waals surface area contributed by atoms with E-state index in [0.717, 1.165) is 59.7 Å². The Labute approximate surface area is 185 Å². The number of rotatable bonds is 4. The Morgan fingerprint density at radius 2 is 1.81 bits per heavy atom. The zero-order valence-corrected chi connectivity index (χ0v) is 18.2. The monoisotopic (exact) mass is 427 g/mol. The average Bonchev–Trinajstić information content (AvgIpc) is 3.24. The van der Waals surface area contributed by atoms with E-state index >= 15 is 0 Å². The number of carbonyl (C=O) groups is 1. The van der Waals surface area contributed by atoms with Gasteiger partial charge in [-0.15, -0.1) is 0 Å². The lowest BCUT2D eigenvalue weighted by Crippen LogP contribution is -2.28. The van der Waals surface area contributed by atoms with Crippen LogP contribution in [0.5, 0.6) is 0 Å². The van der Waals surface area contributed by atoms with Crippen LogP contribution in [0.25, 0.3) is 28.0 Å². The van der Waals surface area contributed by atoms with E-state index in [4.69, 9.17) is 10.7 Å². The summed E-state index contributed by atoms with van der Waals surface area (Å²) in [7, 11) is 0. The molecule has 1 fully saturated rings. The number of aromatic nitrogens is 5. The quantitative estimate of drug-likeness (QED) is 0.480. The number of ketones is 1. The van der Waals surface area contributed by atoms with E-state index in [1.807, 2.05) is 43.6 Å². The number of nitrogens with one attached hydrogen (secondary N) is 1. The van der Waals surface area contributed by atoms with Crippen LogP contribution in [0.15, 0.2) is 42.9 Å². The zero-order chi connectivity index (χ0) is 22.2. The standard InChI is InChI=1S/C24H25N7O/c1-14-3-4-18(12-27-14)20-6-5-17(11-28-20)19-13-29-31-23(25)21(15(2)32)22(30-24(19)31)16-7-9-26-10-8-16/h3-6,11-13,16,26H,7-10,25H2,1-2H3. The Hall–Kier alpha value is -3.65. The van der Waals surface area contributed by atoms with Crippen LogP contribution in [-0.2, 0) is 0 Å². The van der Waals surface area contributed by atoms with Crippen molar-refractivity contribution < 1.29 is 4.79 Å². The molecule has 8 heteroatoms. The zero-order valence-electron chi connectivity index (χ0n) is 18.2. The summed E-state index contributed by atoms with van der Waals surface area (Å²) in [6, 6.07) is 7.95. The second kappa shape index (κ2) is 8.12. The molecule has 5 rings (SSSR count). The van der Waals surface area contributed by atoms with Gasteiger partial charge in [-0.2, -0.15) is 9.61 Å². The second-order valence-electron chi connectivity index (χ2n) is 8.25. The van der Waals surface area contributed by atoms with Crippen molar-refractivity contribution in [2.24, 2.45) is 0 Å². The summed E-state index contributed by atoms with van der Waals surface area (Å²) in [5.74, 6) is 0.456. The first-order valence-electron chi connectivity index (χ1n) is 10.8. The fourth-order valence-corrected chi connectivity index (χ4v) is 4.33. The highest BCUT2D eigenvalue weighted by atomic mass is 16.1. The largest absolute Gasteiger partial charge is 0.383 e. The van der Waals surface area contributed by atoms with Crippen LogP contribution < -0.4 is 11.1 Å². The third-order valence-electron chi connectivity index (χ3n) is 6.07. The number of pyridine rings is 2. The minimum Gasteiger partial charge on any atom is -0.383 e. The number of piperidine rings is 1. The van der Waals surface area contributed by atoms with E-state index in [1.54, 1.807) is 10.7 Å². The van der Waals surface area contributed by atoms with Crippen LogP contribution in [0.1, 0.15) is 47.4 Å². The Balaban J connectivity index is 1.59. The third-order valence-corrected chi connectivity index (χ3v) is 6.07. The first-order valence-corrected chi connectivity index (χ1v) is 10.8. The first kappa shape index (κ1) is 20.3. The maximum atomic E-state index is 12.5. The van der Waals surface area contributed by atoms with Gasteiger partial charge in [-0.25, -0.2) is 4.98 Å². The minimum atomic E-state index is -0.0831. The van der Waals surface area contributed by atoms with Crippen molar-refractivity contribution in [1.29, 1.82) is 0 Å². The average molecular weight is 428 g/mol. The van der Waals surface area contributed by atoms with Gasteiger partial charge < -0.3 is 11.1 Å². The van der Waals surface area contributed by atoms with Crippen LogP contribution in [0.2, 0.25) is 0 Å². The van der Waals surface area contributed by atoms with Crippen LogP contribution in [0, 0.1) is 6.92 Å². The lowest BCUT2D eigenvalue weighted by atomic mass is 9.90. The highest BCUT2D eigenvalue weighted by Crippen LogP contribution is 2.33. The maximum absolute atomic E-state index is 12.5. The van der Waals surface area contributed by atoms with Crippen molar-refractivity contribution in [3.63, 3.8) is 0 Å². The molecule has 0 aliphatic carbocycles. The summed E-state index contributed by atoms with van der Waals surface area (Å²) in [5.41, 5.74) is 12.8. The molecule has 0 unspecified atom stereocenters. The topological polar surface area (TPSA) is 111 Å². The Morgan fingerprint density at radius 3 is 2.47 bits per heavy atom. The second-order valence-corrected chi connectivity index (χ2v) is 8.25. The molecule has 1 saturated heterocycles. The van der Waals surface area contributed by atoms with E-state index in [1.165, 1.54) is 6.92 Å². The number of carbonyl (C=O) groups excluding carboxylic acids is 1. The van der Waals surface area contributed by atoms with E-state index in [0.29, 0.717) is 17.0 Å². The van der Waals surface area contributed by atoms with Gasteiger partial charge in [0.15, 0.2) is 11.4 Å². The highest BCUT2D eigenvalue weighted by Gasteiger charge is 2.26. The number of hydrogen-bond donors (Lipinski definition) is 2. The summed E-state index contributed by atoms with van der Waals surface area (Å²) in [4.78, 5) is 26.4. The molecule has 0 radical (unpaired) electrons. The number of anilines is 1. The van der Waals surface area contributed by atoms with Crippen LogP contribution in [0.3, 0.4) is 0 Å². The molecule has 162 valence electrons. The molecule has 3 N–H and O–H groups in total. The summed E-state index contributed by atoms with van der Waals surface area (Å²) >= 11 is 0. The summed E-state index contributed by atoms with van der Waals surface area (Å²) in [6.07, 6.45) is 7.22. The van der Waals surface area contributed by atoms with Crippen LogP contribution in [0.4, 0.5) is 5.82 Å². The van der Waals surface area contributed by atoms with Crippen molar-refractivity contribution in [3.05, 3.63) is 59.8 Å². The minimum absolute atomic E-state index is 0.0831. The van der Waals surface area contributed by atoms with Gasteiger partial charge in [-0.1, -0.05) is 6.07 Å². The molecule has 0 atom stereocenters. The molecule has 0 spiro atoms. The SMILES string of the molecule is CC(=O)c1c(C2CCNCC2)nc2c(-c3ccc(-c4ccc(C)nc4)nc3)cnn2c1N. The normalized spacial score (nSPS) is 14.7. The van der Waals surface area contributed by atoms with Crippen molar-refractivity contribution in [1.82, 2.24) is 29.9 Å². The molecular weight excluding hydrogens is 402 g/mol. The van der Waals surface area contributed by atoms with Crippen LogP contribution in [-0.4, -0.2) is 43.4 Å². The number of nitrogen functional groups attached to an aromatic ring is 1. The molecule has 0 bridgehead atoms. The molecule has 1 aliphatic rings. The van der Waals surface area contributed by atoms with E-state index < -0.39 is 0 Å². The lowest BCUT2D eigenvalue weighted by molar-refractivity contribution is 0.101. The van der Waals surface area contributed by atoms with E-state index in [-0.39, 0.29) is 11.7 Å². The maximum Gasteiger partial charge on any atom is 0.165 e. The molecule has 0 amide bonds. The number of Topliss-reactive ketones (excluding diaryl/α,β-unsaturated/α-hetero) is 1. The molecule has 1 aliphatic heterocycles. The van der Waals surface area contributed by atoms with E-state index in [9.17, 15) is 4.79 Å². The van der Waals surface area contributed by atoms with Gasteiger partial charge in [0.05, 0.1) is 23.1 Å². The van der Waals surface area contributed by atoms with Crippen LogP contribution >= 0.6 is 0 Å². The van der Waals surface area contributed by atoms with Gasteiger partial charge in [0.25, 0.3) is 0 Å². The number of hydrogen-bond acceptors (Lipinski definition) is 7. The van der Waals surface area contributed by atoms with Gasteiger partial charge in [0, 0.05) is 40.7 Å². The summed E-state index contributed by atoms with van der Waals surface area (Å²) in [6.45, 7) is 5.30. The van der Waals surface area contributed by atoms with Gasteiger partial charge >= 0.3 is 0 Å². The molecule has 4 aromatic heterocycles. The molecular formula is C24H25N7O. The van der Waals surface area contributed by atoms with Crippen molar-refractivity contribution in [3.8, 4) is 22.4 Å². The van der Waals surface area contributed by atoms with Gasteiger partial charge in [-0.3, -0.25) is 14.8 Å². The molecule has 0 aromatic carbocycles. The van der Waals surface area contributed by atoms with Gasteiger partial charge in [0.2, 0.25) is 0 Å². The fraction of sp³-hybridized carbons (Fsp3) is 0.292. The van der Waals surface area contributed by atoms with E-state index in [2.05, 4.69) is 20.4 Å². The van der Waals surface area contributed by atoms with Crippen molar-refractivity contribution in [2.75, 3.05) is 18.8 Å². The number of nitrogens with zero attached hydrogens (tertiary/aromatic N) is 5. The molecule has 0 saturated carbocycles. The lowest BCUT2D eigenvalue weighted by Gasteiger charge is -2.24. The van der Waals surface area contributed by atoms with Gasteiger partial charge in [0.1, 0.15) is 5.82 Å². The Bertz CT molecular complexity index is 1290. The fourth-order valence-electron chi connectivity index (χ4n) is 4.33. The predicted octanol–water partition coefficient (Wildman–Crippen LogP) is 3.41. The molecule has 8 nitrogen and oxygen atoms in total. The molecule has 32 heavy (non-hydrogen) atoms. The summed E-state index contributed by atoms with van der Waals surface area (Å²) in [5, 5.41) is 7.81. The summed E-state index contributed by atoms with van der Waals surface area (Å²) < 4.78 is 1.56. The predicted molar refractivity (Wildman–Crippen MR) is 123 cm³/mol. The number of fused-ring (bicyclic) bond motifs is 1. The van der Waals surface area contributed by atoms with Crippen molar-refractivity contribution >= 4 is 17.2 Å². The third kappa shape index (κ3) is 3.52. The highest BCUT2D eigenvalue weighted by molar-refractivity contribution is 6.00.